The fraction of sp³-hybridized carbons (Fsp3) is 0.778. The predicted octanol–water partition coefficient (Wildman–Crippen LogP) is 2.02. The number of rotatable bonds is 6. The van der Waals surface area contributed by atoms with Gasteiger partial charge in [-0.1, -0.05) is 19.8 Å². The Morgan fingerprint density at radius 2 is 2.25 bits per heavy atom. The molecule has 0 aromatic rings. The summed E-state index contributed by atoms with van der Waals surface area (Å²) in [7, 11) is 0. The quantitative estimate of drug-likeness (QED) is 0.451. The molecular formula is C9H15NO2. The number of hydrogen-bond donors (Lipinski definition) is 0. The lowest BCUT2D eigenvalue weighted by Crippen LogP contribution is -2.04. The number of carbonyl (C=O) groups excluding carboxylic acids is 1. The van der Waals surface area contributed by atoms with Crippen LogP contribution in [0.5, 0.6) is 0 Å². The molecule has 0 aliphatic heterocycles. The van der Waals surface area contributed by atoms with Gasteiger partial charge in [0.25, 0.3) is 0 Å². The van der Waals surface area contributed by atoms with Crippen molar-refractivity contribution in [2.24, 2.45) is 0 Å². The lowest BCUT2D eigenvalue weighted by Gasteiger charge is -2.00. The highest BCUT2D eigenvalue weighted by atomic mass is 16.5. The van der Waals surface area contributed by atoms with Gasteiger partial charge in [0.15, 0.2) is 0 Å². The first-order chi connectivity index (χ1) is 5.81. The van der Waals surface area contributed by atoms with E-state index in [2.05, 4.69) is 6.92 Å². The fourth-order valence-electron chi connectivity index (χ4n) is 0.802. The minimum absolute atomic E-state index is 0.182. The van der Waals surface area contributed by atoms with E-state index in [4.69, 9.17) is 10.00 Å². The number of nitriles is 1. The van der Waals surface area contributed by atoms with Gasteiger partial charge in [-0.15, -0.1) is 0 Å². The molecule has 0 saturated heterocycles. The normalized spacial score (nSPS) is 9.00. The summed E-state index contributed by atoms with van der Waals surface area (Å²) in [5.74, 6) is -0.182. The molecule has 0 radical (unpaired) electrons. The van der Waals surface area contributed by atoms with Gasteiger partial charge in [-0.05, 0) is 6.42 Å². The second kappa shape index (κ2) is 8.06. The van der Waals surface area contributed by atoms with Crippen molar-refractivity contribution in [1.29, 1.82) is 5.26 Å². The molecule has 0 atom stereocenters. The third-order valence-corrected chi connectivity index (χ3v) is 1.46. The van der Waals surface area contributed by atoms with E-state index in [9.17, 15) is 4.79 Å². The number of hydrogen-bond acceptors (Lipinski definition) is 3. The van der Waals surface area contributed by atoms with Crippen LogP contribution >= 0.6 is 0 Å². The van der Waals surface area contributed by atoms with Crippen LogP contribution in [0.2, 0.25) is 0 Å². The summed E-state index contributed by atoms with van der Waals surface area (Å²) in [4.78, 5) is 10.9. The van der Waals surface area contributed by atoms with Crippen molar-refractivity contribution in [2.45, 2.75) is 39.0 Å². The summed E-state index contributed by atoms with van der Waals surface area (Å²) in [5, 5.41) is 8.15. The van der Waals surface area contributed by atoms with Crippen LogP contribution in [0.3, 0.4) is 0 Å². The molecule has 0 aliphatic carbocycles. The molecule has 0 fully saturated rings. The summed E-state index contributed by atoms with van der Waals surface area (Å²) in [6.45, 7) is 2.32. The first-order valence-corrected chi connectivity index (χ1v) is 4.33. The van der Waals surface area contributed by atoms with Crippen molar-refractivity contribution in [3.63, 3.8) is 0 Å². The van der Waals surface area contributed by atoms with Gasteiger partial charge in [0, 0.05) is 6.42 Å². The number of nitrogens with zero attached hydrogens (tertiary/aromatic N) is 1. The molecule has 0 bridgehead atoms. The molecule has 12 heavy (non-hydrogen) atoms. The number of unbranched alkanes of at least 4 members (excludes halogenated alkanes) is 2. The van der Waals surface area contributed by atoms with Crippen molar-refractivity contribution in [3.05, 3.63) is 0 Å². The Morgan fingerprint density at radius 3 is 2.83 bits per heavy atom. The summed E-state index contributed by atoms with van der Waals surface area (Å²) >= 11 is 0. The van der Waals surface area contributed by atoms with Crippen LogP contribution in [0, 0.1) is 11.3 Å². The molecule has 0 unspecified atom stereocenters. The topological polar surface area (TPSA) is 50.1 Å². The fourth-order valence-corrected chi connectivity index (χ4v) is 0.802. The van der Waals surface area contributed by atoms with Crippen LogP contribution in [0.15, 0.2) is 0 Å². The van der Waals surface area contributed by atoms with Crippen LogP contribution in [0.25, 0.3) is 0 Å². The van der Waals surface area contributed by atoms with E-state index in [0.717, 1.165) is 19.3 Å². The summed E-state index contributed by atoms with van der Waals surface area (Å²) in [6.07, 6.45) is 3.83. The van der Waals surface area contributed by atoms with E-state index in [-0.39, 0.29) is 12.6 Å². The van der Waals surface area contributed by atoms with Gasteiger partial charge in [-0.3, -0.25) is 4.79 Å². The predicted molar refractivity (Wildman–Crippen MR) is 45.3 cm³/mol. The zero-order valence-corrected chi connectivity index (χ0v) is 7.51. The van der Waals surface area contributed by atoms with Crippen molar-refractivity contribution in [1.82, 2.24) is 0 Å². The molecule has 0 saturated carbocycles. The molecule has 0 spiro atoms. The number of carbonyl (C=O) groups is 1. The molecule has 3 nitrogen and oxygen atoms in total. The van der Waals surface area contributed by atoms with Crippen LogP contribution in [-0.2, 0) is 9.53 Å². The Hall–Kier alpha value is -1.04. The molecular weight excluding hydrogens is 154 g/mol. The van der Waals surface area contributed by atoms with Crippen molar-refractivity contribution >= 4 is 5.97 Å². The second-order valence-electron chi connectivity index (χ2n) is 2.59. The Kier molecular flexibility index (Phi) is 7.36. The van der Waals surface area contributed by atoms with Crippen LogP contribution in [0.4, 0.5) is 0 Å². The maximum absolute atomic E-state index is 10.9. The summed E-state index contributed by atoms with van der Waals surface area (Å²) in [6, 6.07) is 1.91. The standard InChI is InChI=1S/C9H15NO2/c1-2-3-4-6-9(11)12-8-5-7-10/h2-6,8H2,1H3. The van der Waals surface area contributed by atoms with Gasteiger partial charge >= 0.3 is 5.97 Å². The lowest BCUT2D eigenvalue weighted by molar-refractivity contribution is -0.143. The van der Waals surface area contributed by atoms with Crippen molar-refractivity contribution in [3.8, 4) is 6.07 Å². The summed E-state index contributed by atoms with van der Waals surface area (Å²) in [5.41, 5.74) is 0. The monoisotopic (exact) mass is 169 g/mol. The highest BCUT2D eigenvalue weighted by Gasteiger charge is 2.00. The zero-order chi connectivity index (χ0) is 9.23. The van der Waals surface area contributed by atoms with Gasteiger partial charge in [-0.25, -0.2) is 0 Å². The Balaban J connectivity index is 3.17. The van der Waals surface area contributed by atoms with Gasteiger partial charge in [0.05, 0.1) is 12.5 Å². The van der Waals surface area contributed by atoms with Gasteiger partial charge in [0.2, 0.25) is 0 Å². The number of ether oxygens (including phenoxy) is 1. The van der Waals surface area contributed by atoms with Crippen LogP contribution < -0.4 is 0 Å². The van der Waals surface area contributed by atoms with Crippen molar-refractivity contribution < 1.29 is 9.53 Å². The Bertz CT molecular complexity index is 160. The third-order valence-electron chi connectivity index (χ3n) is 1.46. The summed E-state index contributed by atoms with van der Waals surface area (Å²) < 4.78 is 4.77. The largest absolute Gasteiger partial charge is 0.465 e. The van der Waals surface area contributed by atoms with E-state index in [0.29, 0.717) is 12.8 Å². The van der Waals surface area contributed by atoms with Gasteiger partial charge < -0.3 is 4.74 Å². The molecule has 0 aromatic carbocycles. The van der Waals surface area contributed by atoms with Gasteiger partial charge in [-0.2, -0.15) is 5.26 Å². The van der Waals surface area contributed by atoms with E-state index >= 15 is 0 Å². The molecule has 68 valence electrons. The minimum Gasteiger partial charge on any atom is -0.465 e. The second-order valence-corrected chi connectivity index (χ2v) is 2.59. The molecule has 0 aromatic heterocycles. The average Bonchev–Trinajstić information content (AvgIpc) is 2.06. The Labute approximate surface area is 73.3 Å². The molecule has 0 amide bonds. The maximum Gasteiger partial charge on any atom is 0.305 e. The van der Waals surface area contributed by atoms with Crippen molar-refractivity contribution in [2.75, 3.05) is 6.61 Å². The molecule has 0 aliphatic rings. The molecule has 0 heterocycles. The van der Waals surface area contributed by atoms with Crippen LogP contribution in [-0.4, -0.2) is 12.6 Å². The van der Waals surface area contributed by atoms with Gasteiger partial charge in [0.1, 0.15) is 6.61 Å². The third kappa shape index (κ3) is 7.07. The SMILES string of the molecule is CCCCCC(=O)OCCC#N. The number of esters is 1. The first-order valence-electron chi connectivity index (χ1n) is 4.33. The highest BCUT2D eigenvalue weighted by Crippen LogP contribution is 2.00. The first kappa shape index (κ1) is 11.0. The highest BCUT2D eigenvalue weighted by molar-refractivity contribution is 5.69. The smallest absolute Gasteiger partial charge is 0.305 e. The molecule has 0 rings (SSSR count). The zero-order valence-electron chi connectivity index (χ0n) is 7.51. The lowest BCUT2D eigenvalue weighted by atomic mass is 10.2. The van der Waals surface area contributed by atoms with E-state index in [1.165, 1.54) is 0 Å². The maximum atomic E-state index is 10.9. The molecule has 0 N–H and O–H groups in total. The van der Waals surface area contributed by atoms with E-state index < -0.39 is 0 Å². The Morgan fingerprint density at radius 1 is 1.50 bits per heavy atom. The van der Waals surface area contributed by atoms with Crippen LogP contribution in [0.1, 0.15) is 39.0 Å². The minimum atomic E-state index is -0.182. The van der Waals surface area contributed by atoms with E-state index in [1.807, 2.05) is 6.07 Å². The average molecular weight is 169 g/mol. The van der Waals surface area contributed by atoms with E-state index in [1.54, 1.807) is 0 Å². The molecule has 3 heteroatoms.